The van der Waals surface area contributed by atoms with Crippen molar-refractivity contribution in [1.29, 1.82) is 0 Å². The maximum atomic E-state index is 13.8. The summed E-state index contributed by atoms with van der Waals surface area (Å²) >= 11 is 0. The summed E-state index contributed by atoms with van der Waals surface area (Å²) in [6.07, 6.45) is 1.19. The van der Waals surface area contributed by atoms with Crippen LogP contribution >= 0.6 is 0 Å². The lowest BCUT2D eigenvalue weighted by molar-refractivity contribution is -0.116. The van der Waals surface area contributed by atoms with E-state index in [0.717, 1.165) is 34.6 Å². The van der Waals surface area contributed by atoms with Crippen LogP contribution in [0.2, 0.25) is 0 Å². The van der Waals surface area contributed by atoms with Crippen LogP contribution in [-0.4, -0.2) is 27.1 Å². The monoisotopic (exact) mass is 470 g/mol. The van der Waals surface area contributed by atoms with E-state index in [0.29, 0.717) is 23.7 Å². The van der Waals surface area contributed by atoms with Crippen molar-refractivity contribution in [2.24, 2.45) is 0 Å². The first-order chi connectivity index (χ1) is 17.0. The number of rotatable bonds is 5. The van der Waals surface area contributed by atoms with Gasteiger partial charge < -0.3 is 24.8 Å². The fraction of sp³-hybridized carbons (Fsp3) is 0.276. The van der Waals surface area contributed by atoms with Crippen molar-refractivity contribution in [3.63, 3.8) is 0 Å². The number of Topliss-reactive ketones (excluding diaryl/α,β-unsaturated/α-hetero) is 1. The molecule has 6 nitrogen and oxygen atoms in total. The highest BCUT2D eigenvalue weighted by atomic mass is 16.5. The molecule has 1 aliphatic heterocycles. The summed E-state index contributed by atoms with van der Waals surface area (Å²) < 4.78 is 16.8. The molecule has 2 aliphatic rings. The van der Waals surface area contributed by atoms with Gasteiger partial charge in [0.05, 0.1) is 38.7 Å². The lowest BCUT2D eigenvalue weighted by atomic mass is 9.78. The Morgan fingerprint density at radius 1 is 0.800 bits per heavy atom. The number of carbonyl (C=O) groups is 1. The number of ether oxygens (including phenoxy) is 3. The van der Waals surface area contributed by atoms with Crippen LogP contribution in [0.15, 0.2) is 71.9 Å². The van der Waals surface area contributed by atoms with Gasteiger partial charge in [-0.15, -0.1) is 0 Å². The Labute approximate surface area is 205 Å². The molecule has 0 radical (unpaired) electrons. The zero-order valence-corrected chi connectivity index (χ0v) is 20.5. The van der Waals surface area contributed by atoms with Gasteiger partial charge in [0.25, 0.3) is 0 Å². The minimum Gasteiger partial charge on any atom is -0.496 e. The SMILES string of the molecule is COc1cc(OC)c([C@@H]2Nc3ccccc3NC3=C2C(=O)C[C@H](c2ccc(C)cc2)C3)cc1OC. The molecule has 6 heteroatoms. The molecule has 0 saturated heterocycles. The summed E-state index contributed by atoms with van der Waals surface area (Å²) in [5.41, 5.74) is 6.74. The van der Waals surface area contributed by atoms with E-state index in [1.807, 2.05) is 36.4 Å². The zero-order valence-electron chi connectivity index (χ0n) is 20.5. The Morgan fingerprint density at radius 3 is 2.14 bits per heavy atom. The van der Waals surface area contributed by atoms with Crippen molar-refractivity contribution in [2.45, 2.75) is 31.7 Å². The van der Waals surface area contributed by atoms with Crippen LogP contribution in [-0.2, 0) is 4.79 Å². The normalized spacial score (nSPS) is 19.0. The molecule has 0 fully saturated rings. The highest BCUT2D eigenvalue weighted by Gasteiger charge is 2.37. The molecule has 2 N–H and O–H groups in total. The highest BCUT2D eigenvalue weighted by molar-refractivity contribution is 6.01. The molecule has 1 heterocycles. The number of ketones is 1. The van der Waals surface area contributed by atoms with Gasteiger partial charge >= 0.3 is 0 Å². The third kappa shape index (κ3) is 4.20. The van der Waals surface area contributed by atoms with Gasteiger partial charge in [0.2, 0.25) is 0 Å². The summed E-state index contributed by atoms with van der Waals surface area (Å²) in [7, 11) is 4.82. The number of methoxy groups -OCH3 is 3. The zero-order chi connectivity index (χ0) is 24.5. The van der Waals surface area contributed by atoms with Crippen molar-refractivity contribution in [3.8, 4) is 17.2 Å². The van der Waals surface area contributed by atoms with E-state index in [2.05, 4.69) is 41.8 Å². The molecule has 0 unspecified atom stereocenters. The summed E-state index contributed by atoms with van der Waals surface area (Å²) in [6, 6.07) is 19.8. The molecule has 0 bridgehead atoms. The molecule has 2 atom stereocenters. The Balaban J connectivity index is 1.66. The predicted octanol–water partition coefficient (Wildman–Crippen LogP) is 6.00. The summed E-state index contributed by atoms with van der Waals surface area (Å²) in [4.78, 5) is 13.8. The molecule has 0 spiro atoms. The van der Waals surface area contributed by atoms with Crippen molar-refractivity contribution in [1.82, 2.24) is 0 Å². The van der Waals surface area contributed by atoms with Crippen molar-refractivity contribution in [2.75, 3.05) is 32.0 Å². The Hall–Kier alpha value is -3.93. The second-order valence-corrected chi connectivity index (χ2v) is 9.03. The number of nitrogens with one attached hydrogen (secondary N) is 2. The number of carbonyl (C=O) groups excluding carboxylic acids is 1. The molecule has 180 valence electrons. The smallest absolute Gasteiger partial charge is 0.164 e. The third-order valence-corrected chi connectivity index (χ3v) is 6.90. The molecule has 3 aromatic carbocycles. The van der Waals surface area contributed by atoms with Crippen molar-refractivity contribution >= 4 is 17.2 Å². The third-order valence-electron chi connectivity index (χ3n) is 6.90. The molecule has 3 aromatic rings. The van der Waals surface area contributed by atoms with Crippen LogP contribution in [0.1, 0.15) is 41.5 Å². The first-order valence-corrected chi connectivity index (χ1v) is 11.8. The van der Waals surface area contributed by atoms with Gasteiger partial charge in [-0.05, 0) is 43.0 Å². The van der Waals surface area contributed by atoms with E-state index in [4.69, 9.17) is 14.2 Å². The fourth-order valence-electron chi connectivity index (χ4n) is 5.08. The highest BCUT2D eigenvalue weighted by Crippen LogP contribution is 2.47. The van der Waals surface area contributed by atoms with E-state index >= 15 is 0 Å². The lowest BCUT2D eigenvalue weighted by Crippen LogP contribution is -2.27. The molecule has 0 amide bonds. The number of allylic oxidation sites excluding steroid dienone is 1. The van der Waals surface area contributed by atoms with Crippen LogP contribution < -0.4 is 24.8 Å². The second-order valence-electron chi connectivity index (χ2n) is 9.03. The van der Waals surface area contributed by atoms with E-state index in [1.54, 1.807) is 21.3 Å². The topological polar surface area (TPSA) is 68.8 Å². The number of hydrogen-bond donors (Lipinski definition) is 2. The van der Waals surface area contributed by atoms with E-state index in [-0.39, 0.29) is 11.7 Å². The van der Waals surface area contributed by atoms with Gasteiger partial charge in [-0.1, -0.05) is 42.0 Å². The predicted molar refractivity (Wildman–Crippen MR) is 138 cm³/mol. The lowest BCUT2D eigenvalue weighted by Gasteiger charge is -2.30. The average Bonchev–Trinajstić information content (AvgIpc) is 3.05. The van der Waals surface area contributed by atoms with Gasteiger partial charge in [-0.3, -0.25) is 4.79 Å². The minimum atomic E-state index is -0.414. The number of anilines is 2. The molecule has 1 aliphatic carbocycles. The molecule has 35 heavy (non-hydrogen) atoms. The number of para-hydroxylation sites is 2. The van der Waals surface area contributed by atoms with E-state index in [1.165, 1.54) is 11.1 Å². The molecular formula is C29H30N2O4. The van der Waals surface area contributed by atoms with Crippen LogP contribution in [0.5, 0.6) is 17.2 Å². The first kappa shape index (κ1) is 22.8. The minimum absolute atomic E-state index is 0.117. The number of fused-ring (bicyclic) bond motifs is 1. The second kappa shape index (κ2) is 9.37. The summed E-state index contributed by atoms with van der Waals surface area (Å²) in [5.74, 6) is 2.02. The van der Waals surface area contributed by atoms with Crippen LogP contribution in [0.3, 0.4) is 0 Å². The Kier molecular flexibility index (Phi) is 6.12. The largest absolute Gasteiger partial charge is 0.496 e. The number of hydrogen-bond acceptors (Lipinski definition) is 6. The van der Waals surface area contributed by atoms with Gasteiger partial charge in [0.1, 0.15) is 5.75 Å². The van der Waals surface area contributed by atoms with Crippen LogP contribution in [0.25, 0.3) is 0 Å². The standard InChI is InChI=1S/C29H30N2O4/c1-17-9-11-18(12-10-17)19-13-23-28(24(32)14-19)29(31-22-8-6-5-7-21(22)30-23)20-15-26(34-3)27(35-4)16-25(20)33-2/h5-12,15-16,19,29-31H,13-14H2,1-4H3/t19-,29+/m1/s1. The molecular weight excluding hydrogens is 440 g/mol. The van der Waals surface area contributed by atoms with Gasteiger partial charge in [0, 0.05) is 29.3 Å². The van der Waals surface area contributed by atoms with Gasteiger partial charge in [-0.25, -0.2) is 0 Å². The first-order valence-electron chi connectivity index (χ1n) is 11.8. The molecule has 5 rings (SSSR count). The van der Waals surface area contributed by atoms with Crippen LogP contribution in [0.4, 0.5) is 11.4 Å². The van der Waals surface area contributed by atoms with Crippen molar-refractivity contribution in [3.05, 3.63) is 88.6 Å². The fourth-order valence-corrected chi connectivity index (χ4v) is 5.08. The van der Waals surface area contributed by atoms with Crippen LogP contribution in [0, 0.1) is 6.92 Å². The van der Waals surface area contributed by atoms with E-state index in [9.17, 15) is 4.79 Å². The van der Waals surface area contributed by atoms with E-state index < -0.39 is 6.04 Å². The summed E-state index contributed by atoms with van der Waals surface area (Å²) in [5, 5.41) is 7.20. The average molecular weight is 471 g/mol. The Bertz CT molecular complexity index is 1300. The molecule has 0 saturated carbocycles. The quantitative estimate of drug-likeness (QED) is 0.477. The maximum Gasteiger partial charge on any atom is 0.164 e. The maximum absolute atomic E-state index is 13.8. The summed E-state index contributed by atoms with van der Waals surface area (Å²) in [6.45, 7) is 2.08. The number of aryl methyl sites for hydroxylation is 1. The number of benzene rings is 3. The van der Waals surface area contributed by atoms with Crippen molar-refractivity contribution < 1.29 is 19.0 Å². The Morgan fingerprint density at radius 2 is 1.46 bits per heavy atom. The van der Waals surface area contributed by atoms with Gasteiger partial charge in [-0.2, -0.15) is 0 Å². The molecule has 0 aromatic heterocycles. The van der Waals surface area contributed by atoms with Gasteiger partial charge in [0.15, 0.2) is 17.3 Å².